The Labute approximate surface area is 142 Å². The third kappa shape index (κ3) is 4.10. The highest BCUT2D eigenvalue weighted by atomic mass is 19.4. The maximum Gasteiger partial charge on any atom is 0.573 e. The Morgan fingerprint density at radius 1 is 0.840 bits per heavy atom. The van der Waals surface area contributed by atoms with E-state index in [2.05, 4.69) is 23.8 Å². The van der Waals surface area contributed by atoms with Crippen molar-refractivity contribution in [3.63, 3.8) is 0 Å². The van der Waals surface area contributed by atoms with Crippen LogP contribution in [0.25, 0.3) is 21.9 Å². The Balaban J connectivity index is 1.93. The molecule has 0 atom stereocenters. The van der Waals surface area contributed by atoms with Crippen molar-refractivity contribution in [3.05, 3.63) is 66.0 Å². The highest BCUT2D eigenvalue weighted by Crippen LogP contribution is 2.31. The van der Waals surface area contributed by atoms with Crippen LogP contribution in [0.4, 0.5) is 17.6 Å². The van der Waals surface area contributed by atoms with Crippen molar-refractivity contribution >= 4 is 10.8 Å². The zero-order valence-electron chi connectivity index (χ0n) is 13.5. The summed E-state index contributed by atoms with van der Waals surface area (Å²) >= 11 is 0. The Hall–Kier alpha value is -2.56. The summed E-state index contributed by atoms with van der Waals surface area (Å²) in [7, 11) is 0. The fraction of sp³-hybridized carbons (Fsp3) is 0.200. The van der Waals surface area contributed by atoms with Gasteiger partial charge in [0, 0.05) is 0 Å². The largest absolute Gasteiger partial charge is 0.573 e. The van der Waals surface area contributed by atoms with Crippen LogP contribution in [0.5, 0.6) is 5.75 Å². The van der Waals surface area contributed by atoms with E-state index in [-0.39, 0.29) is 0 Å². The van der Waals surface area contributed by atoms with Gasteiger partial charge in [-0.2, -0.15) is 0 Å². The molecule has 0 aliphatic heterocycles. The molecule has 25 heavy (non-hydrogen) atoms. The number of hydrogen-bond acceptors (Lipinski definition) is 1. The third-order valence-electron chi connectivity index (χ3n) is 3.93. The fourth-order valence-electron chi connectivity index (χ4n) is 2.81. The Morgan fingerprint density at radius 2 is 1.48 bits per heavy atom. The van der Waals surface area contributed by atoms with Gasteiger partial charge in [0.15, 0.2) is 11.6 Å². The number of hydrogen-bond donors (Lipinski definition) is 0. The number of fused-ring (bicyclic) bond motifs is 1. The third-order valence-corrected chi connectivity index (χ3v) is 3.93. The molecule has 0 saturated heterocycles. The van der Waals surface area contributed by atoms with Gasteiger partial charge in [0.05, 0.1) is 0 Å². The van der Waals surface area contributed by atoms with Gasteiger partial charge in [-0.15, -0.1) is 13.2 Å². The molecular formula is C20H16F4O. The van der Waals surface area contributed by atoms with E-state index in [9.17, 15) is 17.6 Å². The van der Waals surface area contributed by atoms with Crippen LogP contribution >= 0.6 is 0 Å². The molecule has 0 heterocycles. The molecule has 0 fully saturated rings. The zero-order valence-corrected chi connectivity index (χ0v) is 13.5. The lowest BCUT2D eigenvalue weighted by atomic mass is 9.99. The highest BCUT2D eigenvalue weighted by Gasteiger charge is 2.32. The van der Waals surface area contributed by atoms with Crippen LogP contribution in [0.2, 0.25) is 0 Å². The molecule has 0 aliphatic rings. The van der Waals surface area contributed by atoms with E-state index in [1.165, 1.54) is 11.6 Å². The summed E-state index contributed by atoms with van der Waals surface area (Å²) in [6, 6.07) is 15.3. The van der Waals surface area contributed by atoms with Gasteiger partial charge < -0.3 is 4.74 Å². The first-order valence-corrected chi connectivity index (χ1v) is 7.94. The van der Waals surface area contributed by atoms with E-state index in [4.69, 9.17) is 0 Å². The van der Waals surface area contributed by atoms with Gasteiger partial charge in [0.2, 0.25) is 0 Å². The van der Waals surface area contributed by atoms with Crippen molar-refractivity contribution < 1.29 is 22.3 Å². The summed E-state index contributed by atoms with van der Waals surface area (Å²) in [4.78, 5) is 0. The first kappa shape index (κ1) is 17.3. The summed E-state index contributed by atoms with van der Waals surface area (Å²) in [5.41, 5.74) is 2.47. The molecule has 0 spiro atoms. The van der Waals surface area contributed by atoms with Crippen molar-refractivity contribution in [2.45, 2.75) is 26.1 Å². The van der Waals surface area contributed by atoms with Crippen LogP contribution in [0.15, 0.2) is 54.6 Å². The summed E-state index contributed by atoms with van der Waals surface area (Å²) in [6.45, 7) is 2.12. The quantitative estimate of drug-likeness (QED) is 0.489. The Bertz CT molecular complexity index is 900. The smallest absolute Gasteiger partial charge is 0.403 e. The molecular weight excluding hydrogens is 332 g/mol. The first-order valence-electron chi connectivity index (χ1n) is 7.94. The molecule has 0 bridgehead atoms. The summed E-state index contributed by atoms with van der Waals surface area (Å²) in [5, 5.41) is 2.07. The lowest BCUT2D eigenvalue weighted by Crippen LogP contribution is -2.17. The van der Waals surface area contributed by atoms with Gasteiger partial charge in [-0.3, -0.25) is 0 Å². The first-order chi connectivity index (χ1) is 11.9. The van der Waals surface area contributed by atoms with Crippen molar-refractivity contribution in [2.24, 2.45) is 0 Å². The van der Waals surface area contributed by atoms with Crippen LogP contribution in [-0.4, -0.2) is 6.36 Å². The maximum atomic E-state index is 13.9. The predicted octanol–water partition coefficient (Wildman–Crippen LogP) is 6.50. The minimum Gasteiger partial charge on any atom is -0.403 e. The van der Waals surface area contributed by atoms with E-state index < -0.39 is 17.9 Å². The lowest BCUT2D eigenvalue weighted by Gasteiger charge is -2.11. The molecule has 0 aromatic heterocycles. The standard InChI is InChI=1S/C20H16F4O/c1-2-3-13-4-5-15-11-16(7-6-14(15)10-13)17-8-9-19(18(21)12-17)25-20(22,23)24/h4-12H,2-3H2,1H3. The second-order valence-corrected chi connectivity index (χ2v) is 5.84. The highest BCUT2D eigenvalue weighted by molar-refractivity contribution is 5.88. The van der Waals surface area contributed by atoms with Crippen molar-refractivity contribution in [1.29, 1.82) is 0 Å². The zero-order chi connectivity index (χ0) is 18.0. The minimum absolute atomic E-state index is 0.492. The van der Waals surface area contributed by atoms with Crippen LogP contribution in [0, 0.1) is 5.82 Å². The molecule has 0 N–H and O–H groups in total. The van der Waals surface area contributed by atoms with Gasteiger partial charge >= 0.3 is 6.36 Å². The summed E-state index contributed by atoms with van der Waals surface area (Å²) in [5.74, 6) is -1.88. The predicted molar refractivity (Wildman–Crippen MR) is 90.0 cm³/mol. The van der Waals surface area contributed by atoms with Crippen LogP contribution < -0.4 is 4.74 Å². The molecule has 3 aromatic rings. The van der Waals surface area contributed by atoms with Crippen LogP contribution in [-0.2, 0) is 6.42 Å². The Morgan fingerprint density at radius 3 is 2.16 bits per heavy atom. The van der Waals surface area contributed by atoms with Gasteiger partial charge in [-0.1, -0.05) is 49.7 Å². The maximum absolute atomic E-state index is 13.9. The van der Waals surface area contributed by atoms with Gasteiger partial charge in [-0.05, 0) is 52.1 Å². The van der Waals surface area contributed by atoms with Crippen LogP contribution in [0.3, 0.4) is 0 Å². The number of aryl methyl sites for hydroxylation is 1. The number of alkyl halides is 3. The minimum atomic E-state index is -4.92. The molecule has 0 saturated carbocycles. The summed E-state index contributed by atoms with van der Waals surface area (Å²) < 4.78 is 54.2. The number of halogens is 4. The van der Waals surface area contributed by atoms with Gasteiger partial charge in [-0.25, -0.2) is 4.39 Å². The number of benzene rings is 3. The monoisotopic (exact) mass is 348 g/mol. The number of rotatable bonds is 4. The second-order valence-electron chi connectivity index (χ2n) is 5.84. The van der Waals surface area contributed by atoms with Crippen LogP contribution in [0.1, 0.15) is 18.9 Å². The van der Waals surface area contributed by atoms with Crippen molar-refractivity contribution in [1.82, 2.24) is 0 Å². The molecule has 3 aromatic carbocycles. The molecule has 0 unspecified atom stereocenters. The van der Waals surface area contributed by atoms with E-state index in [1.54, 1.807) is 0 Å². The molecule has 130 valence electrons. The van der Waals surface area contributed by atoms with Gasteiger partial charge in [0.25, 0.3) is 0 Å². The normalized spacial score (nSPS) is 11.7. The molecule has 0 aliphatic carbocycles. The lowest BCUT2D eigenvalue weighted by molar-refractivity contribution is -0.275. The second kappa shape index (κ2) is 6.75. The van der Waals surface area contributed by atoms with E-state index in [1.807, 2.05) is 24.3 Å². The van der Waals surface area contributed by atoms with E-state index >= 15 is 0 Å². The topological polar surface area (TPSA) is 9.23 Å². The molecule has 3 rings (SSSR count). The SMILES string of the molecule is CCCc1ccc2cc(-c3ccc(OC(F)(F)F)c(F)c3)ccc2c1. The van der Waals surface area contributed by atoms with Gasteiger partial charge in [0.1, 0.15) is 0 Å². The molecule has 1 nitrogen and oxygen atoms in total. The number of ether oxygens (including phenoxy) is 1. The summed E-state index contributed by atoms with van der Waals surface area (Å²) in [6.07, 6.45) is -2.85. The van der Waals surface area contributed by atoms with Crippen molar-refractivity contribution in [2.75, 3.05) is 0 Å². The Kier molecular flexibility index (Phi) is 4.66. The average Bonchev–Trinajstić information content (AvgIpc) is 2.55. The van der Waals surface area contributed by atoms with E-state index in [0.29, 0.717) is 5.56 Å². The molecule has 0 amide bonds. The van der Waals surface area contributed by atoms with E-state index in [0.717, 1.165) is 41.3 Å². The molecule has 5 heteroatoms. The van der Waals surface area contributed by atoms with Crippen molar-refractivity contribution in [3.8, 4) is 16.9 Å². The molecule has 0 radical (unpaired) electrons. The fourth-order valence-corrected chi connectivity index (χ4v) is 2.81. The average molecular weight is 348 g/mol.